The van der Waals surface area contributed by atoms with Gasteiger partial charge in [0.05, 0.1) is 0 Å². The van der Waals surface area contributed by atoms with Crippen LogP contribution in [0.5, 0.6) is 0 Å². The van der Waals surface area contributed by atoms with Crippen LogP contribution in [0, 0.1) is 0 Å². The molecule has 0 fully saturated rings. The minimum Gasteiger partial charge on any atom is -0.335 e. The second kappa shape index (κ2) is 7.44. The van der Waals surface area contributed by atoms with Gasteiger partial charge in [-0.3, -0.25) is 4.79 Å². The lowest BCUT2D eigenvalue weighted by molar-refractivity contribution is -0.126. The molecule has 1 amide bonds. The van der Waals surface area contributed by atoms with E-state index in [1.54, 1.807) is 0 Å². The summed E-state index contributed by atoms with van der Waals surface area (Å²) < 4.78 is 0. The quantitative estimate of drug-likeness (QED) is 0.399. The number of hydrogen-bond donors (Lipinski definition) is 0. The molecule has 0 atom stereocenters. The van der Waals surface area contributed by atoms with Gasteiger partial charge in [-0.1, -0.05) is 43.0 Å². The predicted molar refractivity (Wildman–Crippen MR) is 71.5 cm³/mol. The van der Waals surface area contributed by atoms with E-state index in [4.69, 9.17) is 0 Å². The van der Waals surface area contributed by atoms with Gasteiger partial charge in [-0.05, 0) is 24.5 Å². The van der Waals surface area contributed by atoms with Crippen molar-refractivity contribution in [1.29, 1.82) is 0 Å². The Bertz CT molecular complexity index is 370. The van der Waals surface area contributed by atoms with Crippen LogP contribution in [0.2, 0.25) is 0 Å². The van der Waals surface area contributed by atoms with Gasteiger partial charge in [0.2, 0.25) is 5.91 Å². The SMILES string of the molecule is C=CCCCN(Cc1ccccc1)C(=O)C=C. The van der Waals surface area contributed by atoms with Crippen molar-refractivity contribution in [3.05, 3.63) is 61.2 Å². The van der Waals surface area contributed by atoms with Crippen LogP contribution in [0.4, 0.5) is 0 Å². The van der Waals surface area contributed by atoms with Crippen molar-refractivity contribution in [3.63, 3.8) is 0 Å². The molecule has 1 aromatic carbocycles. The second-order valence-corrected chi connectivity index (χ2v) is 3.88. The maximum atomic E-state index is 11.7. The van der Waals surface area contributed by atoms with E-state index >= 15 is 0 Å². The highest BCUT2D eigenvalue weighted by molar-refractivity contribution is 5.86. The number of benzene rings is 1. The highest BCUT2D eigenvalue weighted by Crippen LogP contribution is 2.06. The molecule has 1 aromatic rings. The molecule has 0 saturated carbocycles. The molecular weight excluding hydrogens is 210 g/mol. The molecule has 0 bridgehead atoms. The Labute approximate surface area is 103 Å². The zero-order chi connectivity index (χ0) is 12.5. The van der Waals surface area contributed by atoms with Crippen LogP contribution in [0.25, 0.3) is 0 Å². The molecule has 0 spiro atoms. The van der Waals surface area contributed by atoms with Crippen LogP contribution in [-0.2, 0) is 11.3 Å². The Morgan fingerprint density at radius 2 is 1.94 bits per heavy atom. The molecule has 90 valence electrons. The van der Waals surface area contributed by atoms with E-state index in [1.807, 2.05) is 41.3 Å². The molecule has 0 unspecified atom stereocenters. The monoisotopic (exact) mass is 229 g/mol. The first-order valence-electron chi connectivity index (χ1n) is 5.84. The van der Waals surface area contributed by atoms with E-state index in [1.165, 1.54) is 6.08 Å². The van der Waals surface area contributed by atoms with Crippen molar-refractivity contribution in [3.8, 4) is 0 Å². The summed E-state index contributed by atoms with van der Waals surface area (Å²) in [5.74, 6) is -0.0158. The van der Waals surface area contributed by atoms with Gasteiger partial charge >= 0.3 is 0 Å². The van der Waals surface area contributed by atoms with E-state index < -0.39 is 0 Å². The molecular formula is C15H19NO. The second-order valence-electron chi connectivity index (χ2n) is 3.88. The summed E-state index contributed by atoms with van der Waals surface area (Å²) in [6.07, 6.45) is 5.11. The van der Waals surface area contributed by atoms with Gasteiger partial charge < -0.3 is 4.90 Å². The van der Waals surface area contributed by atoms with E-state index in [0.717, 1.165) is 24.9 Å². The molecule has 0 heterocycles. The van der Waals surface area contributed by atoms with Gasteiger partial charge in [-0.25, -0.2) is 0 Å². The van der Waals surface area contributed by atoms with Crippen LogP contribution in [-0.4, -0.2) is 17.4 Å². The number of rotatable bonds is 7. The fraction of sp³-hybridized carbons (Fsp3) is 0.267. The summed E-state index contributed by atoms with van der Waals surface area (Å²) in [6.45, 7) is 8.61. The van der Waals surface area contributed by atoms with E-state index in [9.17, 15) is 4.79 Å². The topological polar surface area (TPSA) is 20.3 Å². The highest BCUT2D eigenvalue weighted by Gasteiger charge is 2.09. The van der Waals surface area contributed by atoms with Crippen LogP contribution in [0.1, 0.15) is 18.4 Å². The first kappa shape index (κ1) is 13.2. The van der Waals surface area contributed by atoms with E-state index in [-0.39, 0.29) is 5.91 Å². The number of carbonyl (C=O) groups is 1. The van der Waals surface area contributed by atoms with Crippen molar-refractivity contribution < 1.29 is 4.79 Å². The molecule has 2 heteroatoms. The maximum Gasteiger partial charge on any atom is 0.246 e. The van der Waals surface area contributed by atoms with Crippen LogP contribution >= 0.6 is 0 Å². The van der Waals surface area contributed by atoms with Crippen molar-refractivity contribution in [2.24, 2.45) is 0 Å². The predicted octanol–water partition coefficient (Wildman–Crippen LogP) is 3.17. The first-order chi connectivity index (χ1) is 8.27. The molecule has 0 aliphatic heterocycles. The number of allylic oxidation sites excluding steroid dienone is 1. The van der Waals surface area contributed by atoms with Crippen LogP contribution in [0.3, 0.4) is 0 Å². The minimum absolute atomic E-state index is 0.0158. The summed E-state index contributed by atoms with van der Waals surface area (Å²) in [6, 6.07) is 9.99. The summed E-state index contributed by atoms with van der Waals surface area (Å²) >= 11 is 0. The van der Waals surface area contributed by atoms with E-state index in [0.29, 0.717) is 6.54 Å². The highest BCUT2D eigenvalue weighted by atomic mass is 16.2. The third-order valence-electron chi connectivity index (χ3n) is 2.54. The Balaban J connectivity index is 2.60. The van der Waals surface area contributed by atoms with Gasteiger partial charge in [0, 0.05) is 13.1 Å². The van der Waals surface area contributed by atoms with E-state index in [2.05, 4.69) is 13.2 Å². The average Bonchev–Trinajstić information content (AvgIpc) is 2.38. The molecule has 2 nitrogen and oxygen atoms in total. The number of carbonyl (C=O) groups excluding carboxylic acids is 1. The Kier molecular flexibility index (Phi) is 5.80. The fourth-order valence-corrected chi connectivity index (χ4v) is 1.63. The first-order valence-corrected chi connectivity index (χ1v) is 5.84. The molecule has 0 aromatic heterocycles. The summed E-state index contributed by atoms with van der Waals surface area (Å²) in [5, 5.41) is 0. The third kappa shape index (κ3) is 4.68. The van der Waals surface area contributed by atoms with Crippen molar-refractivity contribution in [2.75, 3.05) is 6.54 Å². The molecule has 0 aliphatic rings. The normalized spacial score (nSPS) is 9.65. The Morgan fingerprint density at radius 3 is 2.53 bits per heavy atom. The maximum absolute atomic E-state index is 11.7. The fourth-order valence-electron chi connectivity index (χ4n) is 1.63. The van der Waals surface area contributed by atoms with Crippen molar-refractivity contribution >= 4 is 5.91 Å². The number of unbranched alkanes of at least 4 members (excludes halogenated alkanes) is 1. The number of hydrogen-bond acceptors (Lipinski definition) is 1. The molecule has 1 rings (SSSR count). The van der Waals surface area contributed by atoms with Gasteiger partial charge in [0.15, 0.2) is 0 Å². The van der Waals surface area contributed by atoms with Crippen LogP contribution < -0.4 is 0 Å². The standard InChI is InChI=1S/C15H19NO/c1-3-5-9-12-16(15(17)4-2)13-14-10-7-6-8-11-14/h3-4,6-8,10-11H,1-2,5,9,12-13H2. The largest absolute Gasteiger partial charge is 0.335 e. The smallest absolute Gasteiger partial charge is 0.246 e. The summed E-state index contributed by atoms with van der Waals surface area (Å²) in [4.78, 5) is 13.5. The van der Waals surface area contributed by atoms with Crippen molar-refractivity contribution in [1.82, 2.24) is 4.90 Å². The molecule has 0 radical (unpaired) electrons. The van der Waals surface area contributed by atoms with Gasteiger partial charge in [0.25, 0.3) is 0 Å². The zero-order valence-corrected chi connectivity index (χ0v) is 10.1. The van der Waals surface area contributed by atoms with Gasteiger partial charge in [-0.2, -0.15) is 0 Å². The lowest BCUT2D eigenvalue weighted by Gasteiger charge is -2.21. The molecule has 17 heavy (non-hydrogen) atoms. The Hall–Kier alpha value is -1.83. The molecule has 0 aliphatic carbocycles. The van der Waals surface area contributed by atoms with Gasteiger partial charge in [0.1, 0.15) is 0 Å². The van der Waals surface area contributed by atoms with Gasteiger partial charge in [-0.15, -0.1) is 6.58 Å². The Morgan fingerprint density at radius 1 is 1.24 bits per heavy atom. The molecule has 0 N–H and O–H groups in total. The third-order valence-corrected chi connectivity index (χ3v) is 2.54. The zero-order valence-electron chi connectivity index (χ0n) is 10.1. The number of nitrogens with zero attached hydrogens (tertiary/aromatic N) is 1. The minimum atomic E-state index is -0.0158. The lowest BCUT2D eigenvalue weighted by Crippen LogP contribution is -2.29. The van der Waals surface area contributed by atoms with Crippen molar-refractivity contribution in [2.45, 2.75) is 19.4 Å². The summed E-state index contributed by atoms with van der Waals surface area (Å²) in [5.41, 5.74) is 1.14. The average molecular weight is 229 g/mol. The van der Waals surface area contributed by atoms with Crippen LogP contribution in [0.15, 0.2) is 55.6 Å². The summed E-state index contributed by atoms with van der Waals surface area (Å²) in [7, 11) is 0. The lowest BCUT2D eigenvalue weighted by atomic mass is 10.2. The number of amides is 1. The molecule has 0 saturated heterocycles.